The SMILES string of the molecule is CC(O)C[C@H](N)C(=O)O. The van der Waals surface area contributed by atoms with E-state index in [9.17, 15) is 4.79 Å². The van der Waals surface area contributed by atoms with Crippen LogP contribution < -0.4 is 5.73 Å². The lowest BCUT2D eigenvalue weighted by molar-refractivity contribution is -0.139. The largest absolute Gasteiger partial charge is 0.480 e. The number of aliphatic hydroxyl groups is 1. The van der Waals surface area contributed by atoms with Crippen molar-refractivity contribution in [3.8, 4) is 0 Å². The predicted molar refractivity (Wildman–Crippen MR) is 31.9 cm³/mol. The van der Waals surface area contributed by atoms with Gasteiger partial charge in [0, 0.05) is 0 Å². The van der Waals surface area contributed by atoms with Gasteiger partial charge in [0.2, 0.25) is 0 Å². The molecule has 0 aliphatic rings. The van der Waals surface area contributed by atoms with Crippen LogP contribution in [-0.4, -0.2) is 28.3 Å². The van der Waals surface area contributed by atoms with Crippen LogP contribution in [0.15, 0.2) is 0 Å². The molecule has 0 aromatic heterocycles. The Hall–Kier alpha value is -0.610. The molecule has 9 heavy (non-hydrogen) atoms. The van der Waals surface area contributed by atoms with Gasteiger partial charge in [-0.3, -0.25) is 4.79 Å². The van der Waals surface area contributed by atoms with Crippen LogP contribution in [0.2, 0.25) is 0 Å². The highest BCUT2D eigenvalue weighted by Gasteiger charge is 2.12. The quantitative estimate of drug-likeness (QED) is 0.469. The Kier molecular flexibility index (Phi) is 3.19. The molecule has 0 amide bonds. The van der Waals surface area contributed by atoms with Crippen LogP contribution in [0.1, 0.15) is 13.3 Å². The van der Waals surface area contributed by atoms with Crippen molar-refractivity contribution in [2.75, 3.05) is 0 Å². The fourth-order valence-corrected chi connectivity index (χ4v) is 0.468. The summed E-state index contributed by atoms with van der Waals surface area (Å²) in [6, 6.07) is -0.940. The number of carboxylic acid groups (broad SMARTS) is 1. The molecule has 4 heteroatoms. The van der Waals surface area contributed by atoms with Crippen molar-refractivity contribution in [3.63, 3.8) is 0 Å². The highest BCUT2D eigenvalue weighted by atomic mass is 16.4. The zero-order valence-corrected chi connectivity index (χ0v) is 5.24. The smallest absolute Gasteiger partial charge is 0.320 e. The standard InChI is InChI=1S/C5H11NO3/c1-3(7)2-4(6)5(8)9/h3-4,7H,2,6H2,1H3,(H,8,9)/t3?,4-/m0/s1. The fourth-order valence-electron chi connectivity index (χ4n) is 0.468. The molecule has 0 fully saturated rings. The number of carbonyl (C=O) groups is 1. The molecule has 0 aliphatic carbocycles. The van der Waals surface area contributed by atoms with Crippen molar-refractivity contribution in [1.82, 2.24) is 0 Å². The molecular formula is C5H11NO3. The minimum Gasteiger partial charge on any atom is -0.480 e. The zero-order chi connectivity index (χ0) is 7.44. The van der Waals surface area contributed by atoms with Crippen molar-refractivity contribution < 1.29 is 15.0 Å². The first-order chi connectivity index (χ1) is 4.04. The van der Waals surface area contributed by atoms with Gasteiger partial charge in [0.1, 0.15) is 6.04 Å². The maximum atomic E-state index is 10.00. The molecule has 0 rings (SSSR count). The molecule has 1 unspecified atom stereocenters. The Bertz CT molecular complexity index is 102. The Labute approximate surface area is 53.3 Å². The van der Waals surface area contributed by atoms with Gasteiger partial charge in [0.15, 0.2) is 0 Å². The lowest BCUT2D eigenvalue weighted by Crippen LogP contribution is -2.33. The fraction of sp³-hybridized carbons (Fsp3) is 0.800. The molecular weight excluding hydrogens is 122 g/mol. The second-order valence-corrected chi connectivity index (χ2v) is 2.03. The first-order valence-corrected chi connectivity index (χ1v) is 2.70. The first-order valence-electron chi connectivity index (χ1n) is 2.70. The number of aliphatic carboxylic acids is 1. The van der Waals surface area contributed by atoms with Gasteiger partial charge in [-0.15, -0.1) is 0 Å². The van der Waals surface area contributed by atoms with Gasteiger partial charge < -0.3 is 15.9 Å². The topological polar surface area (TPSA) is 83.5 Å². The summed E-state index contributed by atoms with van der Waals surface area (Å²) in [4.78, 5) is 10.00. The molecule has 2 atom stereocenters. The summed E-state index contributed by atoms with van der Waals surface area (Å²) in [5, 5.41) is 16.8. The van der Waals surface area contributed by atoms with Crippen molar-refractivity contribution in [2.24, 2.45) is 5.73 Å². The Morgan fingerprint density at radius 2 is 2.22 bits per heavy atom. The zero-order valence-electron chi connectivity index (χ0n) is 5.24. The second-order valence-electron chi connectivity index (χ2n) is 2.03. The van der Waals surface area contributed by atoms with Crippen LogP contribution in [0.25, 0.3) is 0 Å². The van der Waals surface area contributed by atoms with E-state index in [1.807, 2.05) is 0 Å². The van der Waals surface area contributed by atoms with E-state index in [1.165, 1.54) is 6.92 Å². The van der Waals surface area contributed by atoms with Crippen molar-refractivity contribution >= 4 is 5.97 Å². The number of carboxylic acids is 1. The summed E-state index contributed by atoms with van der Waals surface area (Å²) in [6.07, 6.45) is -0.536. The van der Waals surface area contributed by atoms with Crippen molar-refractivity contribution in [2.45, 2.75) is 25.5 Å². The molecule has 4 nitrogen and oxygen atoms in total. The van der Waals surface area contributed by atoms with Gasteiger partial charge in [-0.2, -0.15) is 0 Å². The van der Waals surface area contributed by atoms with Crippen LogP contribution >= 0.6 is 0 Å². The van der Waals surface area contributed by atoms with Crippen LogP contribution in [0.3, 0.4) is 0 Å². The second kappa shape index (κ2) is 3.42. The molecule has 0 saturated heterocycles. The van der Waals surface area contributed by atoms with Gasteiger partial charge in [-0.25, -0.2) is 0 Å². The Morgan fingerprint density at radius 1 is 1.78 bits per heavy atom. The molecule has 0 radical (unpaired) electrons. The molecule has 0 heterocycles. The number of nitrogens with two attached hydrogens (primary N) is 1. The third-order valence-electron chi connectivity index (χ3n) is 0.912. The van der Waals surface area contributed by atoms with Gasteiger partial charge in [-0.1, -0.05) is 0 Å². The van der Waals surface area contributed by atoms with E-state index in [0.717, 1.165) is 0 Å². The third-order valence-corrected chi connectivity index (χ3v) is 0.912. The molecule has 0 aromatic rings. The van der Waals surface area contributed by atoms with Crippen molar-refractivity contribution in [1.29, 1.82) is 0 Å². The van der Waals surface area contributed by atoms with Crippen LogP contribution in [0.5, 0.6) is 0 Å². The average molecular weight is 133 g/mol. The maximum absolute atomic E-state index is 10.00. The molecule has 0 saturated carbocycles. The molecule has 0 bridgehead atoms. The number of aliphatic hydroxyl groups excluding tert-OH is 1. The summed E-state index contributed by atoms with van der Waals surface area (Å²) >= 11 is 0. The van der Waals surface area contributed by atoms with Crippen LogP contribution in [0, 0.1) is 0 Å². The summed E-state index contributed by atoms with van der Waals surface area (Å²) in [5.41, 5.74) is 5.06. The predicted octanol–water partition coefficient (Wildman–Crippen LogP) is -0.831. The van der Waals surface area contributed by atoms with E-state index < -0.39 is 18.1 Å². The molecule has 54 valence electrons. The van der Waals surface area contributed by atoms with E-state index >= 15 is 0 Å². The third kappa shape index (κ3) is 3.93. The Morgan fingerprint density at radius 3 is 2.33 bits per heavy atom. The van der Waals surface area contributed by atoms with Gasteiger partial charge in [0.25, 0.3) is 0 Å². The highest BCUT2D eigenvalue weighted by Crippen LogP contribution is 1.93. The van der Waals surface area contributed by atoms with Crippen molar-refractivity contribution in [3.05, 3.63) is 0 Å². The van der Waals surface area contributed by atoms with Gasteiger partial charge in [-0.05, 0) is 13.3 Å². The Balaban J connectivity index is 3.50. The van der Waals surface area contributed by atoms with Crippen LogP contribution in [-0.2, 0) is 4.79 Å². The lowest BCUT2D eigenvalue weighted by atomic mass is 10.1. The molecule has 0 aliphatic heterocycles. The summed E-state index contributed by atoms with van der Waals surface area (Å²) in [5.74, 6) is -1.07. The minimum absolute atomic E-state index is 0.106. The number of hydrogen-bond donors (Lipinski definition) is 3. The normalized spacial score (nSPS) is 16.8. The van der Waals surface area contributed by atoms with Gasteiger partial charge in [0.05, 0.1) is 6.10 Å². The van der Waals surface area contributed by atoms with Gasteiger partial charge >= 0.3 is 5.97 Å². The molecule has 4 N–H and O–H groups in total. The monoisotopic (exact) mass is 133 g/mol. The van der Waals surface area contributed by atoms with Crippen LogP contribution in [0.4, 0.5) is 0 Å². The van der Waals surface area contributed by atoms with E-state index in [4.69, 9.17) is 15.9 Å². The highest BCUT2D eigenvalue weighted by molar-refractivity contribution is 5.73. The lowest BCUT2D eigenvalue weighted by Gasteiger charge is -2.06. The van der Waals surface area contributed by atoms with E-state index in [0.29, 0.717) is 0 Å². The average Bonchev–Trinajstić information content (AvgIpc) is 1.63. The maximum Gasteiger partial charge on any atom is 0.320 e. The van der Waals surface area contributed by atoms with E-state index in [1.54, 1.807) is 0 Å². The van der Waals surface area contributed by atoms with E-state index in [2.05, 4.69) is 0 Å². The molecule has 0 spiro atoms. The summed E-state index contributed by atoms with van der Waals surface area (Å²) in [6.45, 7) is 1.50. The summed E-state index contributed by atoms with van der Waals surface area (Å²) in [7, 11) is 0. The number of hydrogen-bond acceptors (Lipinski definition) is 3. The minimum atomic E-state index is -1.07. The first kappa shape index (κ1) is 8.39. The van der Waals surface area contributed by atoms with E-state index in [-0.39, 0.29) is 6.42 Å². The molecule has 0 aromatic carbocycles. The summed E-state index contributed by atoms with van der Waals surface area (Å²) < 4.78 is 0. The number of rotatable bonds is 3.